The zero-order valence-electron chi connectivity index (χ0n) is 27.8. The maximum absolute atomic E-state index is 2.48. The maximum atomic E-state index is 2.48. The van der Waals surface area contributed by atoms with Crippen molar-refractivity contribution in [2.45, 2.75) is 5.41 Å². The Bertz CT molecular complexity index is 2760. The zero-order valence-corrected chi connectivity index (χ0v) is 28.6. The van der Waals surface area contributed by atoms with E-state index in [-0.39, 0.29) is 0 Å². The van der Waals surface area contributed by atoms with Crippen molar-refractivity contribution in [2.75, 3.05) is 4.90 Å². The number of benzene rings is 8. The Labute approximate surface area is 301 Å². The van der Waals surface area contributed by atoms with Gasteiger partial charge in [-0.05, 0) is 98.6 Å². The second kappa shape index (κ2) is 10.9. The molecule has 8 aromatic carbocycles. The fourth-order valence-electron chi connectivity index (χ4n) is 8.99. The third-order valence-corrected chi connectivity index (χ3v) is 12.3. The van der Waals surface area contributed by atoms with Gasteiger partial charge in [-0.25, -0.2) is 0 Å². The lowest BCUT2D eigenvalue weighted by atomic mass is 9.70. The molecule has 0 amide bonds. The van der Waals surface area contributed by atoms with E-state index in [1.807, 2.05) is 11.3 Å². The van der Waals surface area contributed by atoms with Crippen molar-refractivity contribution in [2.24, 2.45) is 0 Å². The number of para-hydroxylation sites is 2. The molecule has 1 nitrogen and oxygen atoms in total. The van der Waals surface area contributed by atoms with Crippen LogP contribution in [0.25, 0.3) is 53.6 Å². The largest absolute Gasteiger partial charge is 0.311 e. The molecule has 1 unspecified atom stereocenters. The first-order valence-electron chi connectivity index (χ1n) is 17.6. The van der Waals surface area contributed by atoms with Gasteiger partial charge in [-0.3, -0.25) is 0 Å². The SMILES string of the molecule is c1ccc(N(c2ccccc2)c2ccc(-c3ccc4c(c3)C3(c5ccccc5-4)c4ccccc4-c4c3ccc3c4sc4ccccc43)cc2)cc1. The van der Waals surface area contributed by atoms with Crippen LogP contribution in [0.15, 0.2) is 188 Å². The van der Waals surface area contributed by atoms with E-state index < -0.39 is 5.41 Å². The number of hydrogen-bond donors (Lipinski definition) is 0. The van der Waals surface area contributed by atoms with Crippen LogP contribution in [0.2, 0.25) is 0 Å². The summed E-state index contributed by atoms with van der Waals surface area (Å²) in [4.78, 5) is 2.32. The summed E-state index contributed by atoms with van der Waals surface area (Å²) in [5.41, 5.74) is 16.4. The van der Waals surface area contributed by atoms with Crippen molar-refractivity contribution in [3.63, 3.8) is 0 Å². The Morgan fingerprint density at radius 3 is 1.69 bits per heavy atom. The molecule has 2 aliphatic rings. The Morgan fingerprint density at radius 2 is 0.941 bits per heavy atom. The van der Waals surface area contributed by atoms with E-state index >= 15 is 0 Å². The van der Waals surface area contributed by atoms with E-state index in [1.54, 1.807) is 0 Å². The van der Waals surface area contributed by atoms with E-state index in [1.165, 1.54) is 75.8 Å². The molecular formula is C49H31NS. The highest BCUT2D eigenvalue weighted by Gasteiger charge is 2.52. The van der Waals surface area contributed by atoms with Crippen molar-refractivity contribution in [1.29, 1.82) is 0 Å². The molecule has 2 heteroatoms. The third-order valence-electron chi connectivity index (χ3n) is 11.1. The minimum atomic E-state index is -0.393. The van der Waals surface area contributed by atoms with E-state index in [9.17, 15) is 0 Å². The number of fused-ring (bicyclic) bond motifs is 14. The van der Waals surface area contributed by atoms with Crippen molar-refractivity contribution < 1.29 is 0 Å². The van der Waals surface area contributed by atoms with Gasteiger partial charge in [0.05, 0.1) is 5.41 Å². The van der Waals surface area contributed by atoms with Gasteiger partial charge in [0.25, 0.3) is 0 Å². The molecule has 0 radical (unpaired) electrons. The van der Waals surface area contributed by atoms with Crippen LogP contribution in [0.4, 0.5) is 17.1 Å². The minimum Gasteiger partial charge on any atom is -0.311 e. The fraction of sp³-hybridized carbons (Fsp3) is 0.0204. The third kappa shape index (κ3) is 3.97. The highest BCUT2D eigenvalue weighted by molar-refractivity contribution is 7.26. The molecule has 1 heterocycles. The first-order valence-corrected chi connectivity index (χ1v) is 18.4. The average molecular weight is 666 g/mol. The van der Waals surface area contributed by atoms with Gasteiger partial charge in [0.15, 0.2) is 0 Å². The first-order chi connectivity index (χ1) is 25.3. The molecule has 0 N–H and O–H groups in total. The lowest BCUT2D eigenvalue weighted by Crippen LogP contribution is -2.25. The maximum Gasteiger partial charge on any atom is 0.0726 e. The molecule has 1 atom stereocenters. The topological polar surface area (TPSA) is 3.24 Å². The Balaban J connectivity index is 1.11. The number of nitrogens with zero attached hydrogens (tertiary/aromatic N) is 1. The lowest BCUT2D eigenvalue weighted by Gasteiger charge is -2.30. The Kier molecular flexibility index (Phi) is 6.11. The van der Waals surface area contributed by atoms with Crippen LogP contribution in [0, 0.1) is 0 Å². The molecule has 2 aliphatic carbocycles. The predicted octanol–water partition coefficient (Wildman–Crippen LogP) is 13.5. The van der Waals surface area contributed by atoms with Gasteiger partial charge in [-0.15, -0.1) is 11.3 Å². The molecule has 0 saturated carbocycles. The van der Waals surface area contributed by atoms with Gasteiger partial charge < -0.3 is 4.90 Å². The molecule has 51 heavy (non-hydrogen) atoms. The summed E-state index contributed by atoms with van der Waals surface area (Å²) in [5.74, 6) is 0. The first kappa shape index (κ1) is 28.6. The van der Waals surface area contributed by atoms with Crippen LogP contribution in [0.1, 0.15) is 22.3 Å². The Hall–Kier alpha value is -6.22. The minimum absolute atomic E-state index is 0.393. The fourth-order valence-corrected chi connectivity index (χ4v) is 10.3. The van der Waals surface area contributed by atoms with E-state index in [2.05, 4.69) is 193 Å². The molecule has 1 spiro atoms. The number of anilines is 3. The summed E-state index contributed by atoms with van der Waals surface area (Å²) in [6.07, 6.45) is 0. The molecule has 0 saturated heterocycles. The van der Waals surface area contributed by atoms with E-state index in [4.69, 9.17) is 0 Å². The van der Waals surface area contributed by atoms with Crippen LogP contribution < -0.4 is 4.90 Å². The number of rotatable bonds is 4. The van der Waals surface area contributed by atoms with Crippen molar-refractivity contribution in [1.82, 2.24) is 0 Å². The van der Waals surface area contributed by atoms with Crippen LogP contribution >= 0.6 is 11.3 Å². The smallest absolute Gasteiger partial charge is 0.0726 e. The molecule has 11 rings (SSSR count). The van der Waals surface area contributed by atoms with E-state index in [0.717, 1.165) is 17.1 Å². The molecule has 0 aliphatic heterocycles. The molecule has 238 valence electrons. The second-order valence-electron chi connectivity index (χ2n) is 13.6. The number of thiophene rings is 1. The monoisotopic (exact) mass is 665 g/mol. The van der Waals surface area contributed by atoms with Gasteiger partial charge in [0.1, 0.15) is 0 Å². The van der Waals surface area contributed by atoms with Gasteiger partial charge >= 0.3 is 0 Å². The van der Waals surface area contributed by atoms with Gasteiger partial charge in [0.2, 0.25) is 0 Å². The van der Waals surface area contributed by atoms with Crippen LogP contribution in [-0.4, -0.2) is 0 Å². The summed E-state index contributed by atoms with van der Waals surface area (Å²) in [5, 5.41) is 2.69. The lowest BCUT2D eigenvalue weighted by molar-refractivity contribution is 0.795. The standard InChI is InChI=1S/C49H31NS/c1-3-13-34(14-4-1)50(35-15-5-2-6-16-35)36-26-23-32(24-27-36)33-25-28-38-37-17-7-10-20-42(37)49(45(38)31-33)43-21-11-8-19-41(43)47-44(49)30-29-40-39-18-9-12-22-46(39)51-48(40)47/h1-31H. The van der Waals surface area contributed by atoms with Crippen LogP contribution in [0.5, 0.6) is 0 Å². The highest BCUT2D eigenvalue weighted by Crippen LogP contribution is 2.64. The summed E-state index contributed by atoms with van der Waals surface area (Å²) in [6, 6.07) is 69.4. The van der Waals surface area contributed by atoms with Crippen molar-refractivity contribution in [3.8, 4) is 33.4 Å². The summed E-state index contributed by atoms with van der Waals surface area (Å²) in [6.45, 7) is 0. The van der Waals surface area contributed by atoms with Crippen LogP contribution in [-0.2, 0) is 5.41 Å². The Morgan fingerprint density at radius 1 is 0.373 bits per heavy atom. The number of hydrogen-bond acceptors (Lipinski definition) is 2. The average Bonchev–Trinajstić information content (AvgIpc) is 3.83. The summed E-state index contributed by atoms with van der Waals surface area (Å²) >= 11 is 1.93. The van der Waals surface area contributed by atoms with Gasteiger partial charge in [-0.2, -0.15) is 0 Å². The molecule has 0 bridgehead atoms. The summed E-state index contributed by atoms with van der Waals surface area (Å²) < 4.78 is 2.73. The normalized spacial score (nSPS) is 15.1. The van der Waals surface area contributed by atoms with Gasteiger partial charge in [0, 0.05) is 42.8 Å². The van der Waals surface area contributed by atoms with E-state index in [0.29, 0.717) is 0 Å². The molecular weight excluding hydrogens is 635 g/mol. The molecule has 1 aromatic heterocycles. The summed E-state index contributed by atoms with van der Waals surface area (Å²) in [7, 11) is 0. The quantitative estimate of drug-likeness (QED) is 0.181. The predicted molar refractivity (Wildman–Crippen MR) is 216 cm³/mol. The van der Waals surface area contributed by atoms with Crippen LogP contribution in [0.3, 0.4) is 0 Å². The van der Waals surface area contributed by atoms with Gasteiger partial charge in [-0.1, -0.05) is 140 Å². The second-order valence-corrected chi connectivity index (χ2v) is 14.7. The molecule has 9 aromatic rings. The molecule has 0 fully saturated rings. The van der Waals surface area contributed by atoms with Crippen molar-refractivity contribution in [3.05, 3.63) is 210 Å². The highest BCUT2D eigenvalue weighted by atomic mass is 32.1. The van der Waals surface area contributed by atoms with Crippen molar-refractivity contribution >= 4 is 48.6 Å². The zero-order chi connectivity index (χ0) is 33.5.